The van der Waals surface area contributed by atoms with Gasteiger partial charge in [0.2, 0.25) is 5.95 Å². The summed E-state index contributed by atoms with van der Waals surface area (Å²) in [5, 5.41) is 7.68. The van der Waals surface area contributed by atoms with Gasteiger partial charge < -0.3 is 20.4 Å². The first-order chi connectivity index (χ1) is 15.6. The largest absolute Gasteiger partial charge is 0.358 e. The number of piperidine rings is 1. The van der Waals surface area contributed by atoms with Crippen molar-refractivity contribution in [3.05, 3.63) is 40.9 Å². The summed E-state index contributed by atoms with van der Waals surface area (Å²) in [4.78, 5) is 14.5. The SMILES string of the molecule is C[C@H]1CCCCN1c1cc(N2CCCCCC2)nc(NC(=S)NCc2ccccc2Cl)n1. The first kappa shape index (κ1) is 23.1. The minimum atomic E-state index is 0.480. The van der Waals surface area contributed by atoms with Gasteiger partial charge in [-0.1, -0.05) is 42.6 Å². The maximum atomic E-state index is 6.27. The molecule has 3 heterocycles. The Balaban J connectivity index is 1.52. The number of hydrogen-bond donors (Lipinski definition) is 2. The van der Waals surface area contributed by atoms with Crippen LogP contribution in [0.15, 0.2) is 30.3 Å². The number of thiocarbonyl (C=S) groups is 1. The van der Waals surface area contributed by atoms with E-state index in [1.54, 1.807) is 0 Å². The van der Waals surface area contributed by atoms with Gasteiger partial charge in [-0.2, -0.15) is 9.97 Å². The van der Waals surface area contributed by atoms with Crippen molar-refractivity contribution < 1.29 is 0 Å². The zero-order chi connectivity index (χ0) is 22.3. The van der Waals surface area contributed by atoms with Crippen molar-refractivity contribution in [2.24, 2.45) is 0 Å². The van der Waals surface area contributed by atoms with Crippen molar-refractivity contribution >= 4 is 46.5 Å². The number of rotatable bonds is 5. The predicted molar refractivity (Wildman–Crippen MR) is 138 cm³/mol. The summed E-state index contributed by atoms with van der Waals surface area (Å²) in [5.41, 5.74) is 1.00. The van der Waals surface area contributed by atoms with E-state index in [0.29, 0.717) is 23.6 Å². The Bertz CT molecular complexity index is 915. The Labute approximate surface area is 201 Å². The van der Waals surface area contributed by atoms with E-state index in [4.69, 9.17) is 33.8 Å². The third kappa shape index (κ3) is 6.01. The topological polar surface area (TPSA) is 56.3 Å². The molecule has 1 aromatic carbocycles. The highest BCUT2D eigenvalue weighted by Crippen LogP contribution is 2.28. The van der Waals surface area contributed by atoms with Crippen LogP contribution in [0.3, 0.4) is 0 Å². The molecule has 2 fully saturated rings. The van der Waals surface area contributed by atoms with Crippen molar-refractivity contribution in [2.45, 2.75) is 64.5 Å². The monoisotopic (exact) mass is 472 g/mol. The van der Waals surface area contributed by atoms with Crippen molar-refractivity contribution in [3.8, 4) is 0 Å². The van der Waals surface area contributed by atoms with Crippen LogP contribution in [-0.4, -0.2) is 40.8 Å². The van der Waals surface area contributed by atoms with Crippen LogP contribution in [-0.2, 0) is 6.54 Å². The van der Waals surface area contributed by atoms with Gasteiger partial charge >= 0.3 is 0 Å². The van der Waals surface area contributed by atoms with Crippen molar-refractivity contribution in [1.29, 1.82) is 0 Å². The summed E-state index contributed by atoms with van der Waals surface area (Å²) in [6, 6.07) is 10.4. The van der Waals surface area contributed by atoms with Crippen LogP contribution in [0.25, 0.3) is 0 Å². The molecule has 0 saturated carbocycles. The zero-order valence-corrected chi connectivity index (χ0v) is 20.4. The van der Waals surface area contributed by atoms with E-state index in [1.165, 1.54) is 44.9 Å². The number of nitrogens with one attached hydrogen (secondary N) is 2. The molecule has 0 radical (unpaired) electrons. The summed E-state index contributed by atoms with van der Waals surface area (Å²) in [7, 11) is 0. The Kier molecular flexibility index (Phi) is 8.03. The third-order valence-electron chi connectivity index (χ3n) is 6.35. The van der Waals surface area contributed by atoms with Gasteiger partial charge in [0.25, 0.3) is 0 Å². The summed E-state index contributed by atoms with van der Waals surface area (Å²) < 4.78 is 0. The number of benzene rings is 1. The van der Waals surface area contributed by atoms with E-state index < -0.39 is 0 Å². The van der Waals surface area contributed by atoms with E-state index in [1.807, 2.05) is 24.3 Å². The van der Waals surface area contributed by atoms with Gasteiger partial charge in [-0.3, -0.25) is 0 Å². The summed E-state index contributed by atoms with van der Waals surface area (Å²) >= 11 is 11.8. The van der Waals surface area contributed by atoms with Crippen LogP contribution >= 0.6 is 23.8 Å². The van der Waals surface area contributed by atoms with Crippen LogP contribution < -0.4 is 20.4 Å². The molecule has 0 unspecified atom stereocenters. The molecule has 1 aromatic heterocycles. The summed E-state index contributed by atoms with van der Waals surface area (Å²) in [6.45, 7) is 5.96. The molecule has 2 N–H and O–H groups in total. The fourth-order valence-corrected chi connectivity index (χ4v) is 4.85. The van der Waals surface area contributed by atoms with E-state index in [-0.39, 0.29) is 0 Å². The van der Waals surface area contributed by atoms with E-state index in [2.05, 4.69) is 33.4 Å². The van der Waals surface area contributed by atoms with Gasteiger partial charge in [-0.05, 0) is 62.9 Å². The maximum absolute atomic E-state index is 6.27. The molecule has 2 saturated heterocycles. The highest BCUT2D eigenvalue weighted by Gasteiger charge is 2.23. The number of nitrogens with zero attached hydrogens (tertiary/aromatic N) is 4. The molecular formula is C24H33ClN6S. The Hall–Kier alpha value is -2.12. The van der Waals surface area contributed by atoms with Crippen LogP contribution in [0.2, 0.25) is 5.02 Å². The fraction of sp³-hybridized carbons (Fsp3) is 0.542. The second kappa shape index (κ2) is 11.1. The first-order valence-electron chi connectivity index (χ1n) is 11.8. The second-order valence-corrected chi connectivity index (χ2v) is 9.56. The lowest BCUT2D eigenvalue weighted by Crippen LogP contribution is -2.38. The molecule has 2 aliphatic rings. The summed E-state index contributed by atoms with van der Waals surface area (Å²) in [5.74, 6) is 2.53. The molecule has 4 rings (SSSR count). The van der Waals surface area contributed by atoms with Crippen LogP contribution in [0.5, 0.6) is 0 Å². The van der Waals surface area contributed by atoms with E-state index in [9.17, 15) is 0 Å². The van der Waals surface area contributed by atoms with Crippen molar-refractivity contribution in [1.82, 2.24) is 15.3 Å². The molecule has 0 aliphatic carbocycles. The lowest BCUT2D eigenvalue weighted by Gasteiger charge is -2.35. The van der Waals surface area contributed by atoms with E-state index in [0.717, 1.165) is 41.9 Å². The molecule has 2 aliphatic heterocycles. The molecule has 0 spiro atoms. The molecule has 0 amide bonds. The van der Waals surface area contributed by atoms with Crippen LogP contribution in [0, 0.1) is 0 Å². The zero-order valence-electron chi connectivity index (χ0n) is 18.8. The predicted octanol–water partition coefficient (Wildman–Crippen LogP) is 5.38. The van der Waals surface area contributed by atoms with Gasteiger partial charge in [0.1, 0.15) is 11.6 Å². The second-order valence-electron chi connectivity index (χ2n) is 8.75. The lowest BCUT2D eigenvalue weighted by molar-refractivity contribution is 0.481. The average molecular weight is 473 g/mol. The fourth-order valence-electron chi connectivity index (χ4n) is 4.49. The number of anilines is 3. The average Bonchev–Trinajstić information content (AvgIpc) is 3.08. The van der Waals surface area contributed by atoms with Gasteiger partial charge in [0, 0.05) is 43.3 Å². The third-order valence-corrected chi connectivity index (χ3v) is 6.96. The standard InChI is InChI=1S/C24H33ClN6S/c1-18-10-6-9-15-31(18)22-16-21(30-13-7-2-3-8-14-30)27-23(28-22)29-24(32)26-17-19-11-4-5-12-20(19)25/h4-5,11-12,16,18H,2-3,6-10,13-15,17H2,1H3,(H2,26,27,28,29,32)/t18-/m0/s1. The van der Waals surface area contributed by atoms with Crippen molar-refractivity contribution in [3.63, 3.8) is 0 Å². The van der Waals surface area contributed by atoms with Gasteiger partial charge in [0.05, 0.1) is 0 Å². The highest BCUT2D eigenvalue weighted by molar-refractivity contribution is 7.80. The highest BCUT2D eigenvalue weighted by atomic mass is 35.5. The smallest absolute Gasteiger partial charge is 0.232 e. The number of aromatic nitrogens is 2. The van der Waals surface area contributed by atoms with Gasteiger partial charge in [-0.15, -0.1) is 0 Å². The van der Waals surface area contributed by atoms with Gasteiger partial charge in [0.15, 0.2) is 5.11 Å². The molecule has 172 valence electrons. The molecule has 32 heavy (non-hydrogen) atoms. The Morgan fingerprint density at radius 2 is 1.75 bits per heavy atom. The maximum Gasteiger partial charge on any atom is 0.232 e. The Morgan fingerprint density at radius 3 is 2.50 bits per heavy atom. The molecule has 2 aromatic rings. The van der Waals surface area contributed by atoms with Crippen molar-refractivity contribution in [2.75, 3.05) is 34.8 Å². The lowest BCUT2D eigenvalue weighted by atomic mass is 10.0. The first-order valence-corrected chi connectivity index (χ1v) is 12.6. The minimum absolute atomic E-state index is 0.480. The molecule has 6 nitrogen and oxygen atoms in total. The molecule has 0 bridgehead atoms. The van der Waals surface area contributed by atoms with E-state index >= 15 is 0 Å². The minimum Gasteiger partial charge on any atom is -0.358 e. The van der Waals surface area contributed by atoms with Crippen LogP contribution in [0.1, 0.15) is 57.4 Å². The Morgan fingerprint density at radius 1 is 1.03 bits per heavy atom. The number of hydrogen-bond acceptors (Lipinski definition) is 5. The quantitative estimate of drug-likeness (QED) is 0.567. The molecular weight excluding hydrogens is 440 g/mol. The summed E-state index contributed by atoms with van der Waals surface area (Å²) in [6.07, 6.45) is 8.68. The van der Waals surface area contributed by atoms with Crippen LogP contribution in [0.4, 0.5) is 17.6 Å². The normalized spacial score (nSPS) is 19.4. The van der Waals surface area contributed by atoms with Gasteiger partial charge in [-0.25, -0.2) is 0 Å². The molecule has 8 heteroatoms. The molecule has 1 atom stereocenters. The number of halogens is 1.